The number of benzene rings is 3. The van der Waals surface area contributed by atoms with Crippen LogP contribution in [0, 0.1) is 27.7 Å². The number of aryl methyl sites for hydroxylation is 4. The lowest BCUT2D eigenvalue weighted by atomic mass is 9.82. The molecule has 0 saturated carbocycles. The second kappa shape index (κ2) is 7.88. The van der Waals surface area contributed by atoms with Gasteiger partial charge in [0, 0.05) is 0 Å². The van der Waals surface area contributed by atoms with E-state index in [-0.39, 0.29) is 0 Å². The third-order valence-electron chi connectivity index (χ3n) is 7.36. The van der Waals surface area contributed by atoms with Crippen LogP contribution in [-0.4, -0.2) is 8.80 Å². The van der Waals surface area contributed by atoms with Crippen molar-refractivity contribution in [1.29, 1.82) is 0 Å². The molecule has 5 rings (SSSR count). The molecule has 3 aromatic carbocycles. The Morgan fingerprint density at radius 1 is 0.656 bits per heavy atom. The fraction of sp³-hybridized carbons (Fsp3) is 0.355. The van der Waals surface area contributed by atoms with Crippen LogP contribution in [0.25, 0.3) is 28.3 Å². The first-order chi connectivity index (χ1) is 15.2. The summed E-state index contributed by atoms with van der Waals surface area (Å²) in [6.07, 6.45) is 6.24. The molecule has 1 radical (unpaired) electrons. The highest BCUT2D eigenvalue weighted by atomic mass is 28.3. The minimum atomic E-state index is -0.521. The van der Waals surface area contributed by atoms with E-state index in [1.165, 1.54) is 63.8 Å². The lowest BCUT2D eigenvalue weighted by Crippen LogP contribution is -2.17. The molecule has 0 heterocycles. The Labute approximate surface area is 196 Å². The molecule has 2 aliphatic rings. The highest BCUT2D eigenvalue weighted by Gasteiger charge is 2.35. The molecule has 0 saturated heterocycles. The van der Waals surface area contributed by atoms with Gasteiger partial charge in [-0.3, -0.25) is 0 Å². The molecule has 0 bridgehead atoms. The van der Waals surface area contributed by atoms with Crippen molar-refractivity contribution in [3.63, 3.8) is 0 Å². The number of rotatable bonds is 3. The molecule has 0 fully saturated rings. The SMILES string of the molecule is CC1=Cc2c(-c3cc(C)cc(C)c3)c3c(c(-c4cc(C)cc(C)c4)c2C1[Si](C)C)CCC3. The van der Waals surface area contributed by atoms with Gasteiger partial charge in [-0.05, 0) is 104 Å². The molecule has 0 nitrogen and oxygen atoms in total. The molecule has 163 valence electrons. The van der Waals surface area contributed by atoms with Crippen LogP contribution < -0.4 is 0 Å². The molecule has 0 spiro atoms. The zero-order valence-electron chi connectivity index (χ0n) is 20.7. The predicted molar refractivity (Wildman–Crippen MR) is 142 cm³/mol. The molecule has 0 aliphatic heterocycles. The molecule has 3 aromatic rings. The fourth-order valence-corrected chi connectivity index (χ4v) is 8.39. The summed E-state index contributed by atoms with van der Waals surface area (Å²) in [6, 6.07) is 14.3. The monoisotopic (exact) mass is 435 g/mol. The van der Waals surface area contributed by atoms with Gasteiger partial charge in [-0.2, -0.15) is 0 Å². The standard InChI is InChI=1S/C31H35Si/c1-18-11-19(2)14-23(13-18)28-25-9-8-10-26(25)29(24-15-20(3)12-21(4)16-24)30-27(28)17-22(5)31(30)32(6)7/h11-17,31H,8-10H2,1-7H3. The van der Waals surface area contributed by atoms with Crippen molar-refractivity contribution in [2.24, 2.45) is 0 Å². The Hall–Kier alpha value is -2.38. The van der Waals surface area contributed by atoms with Crippen molar-refractivity contribution in [2.75, 3.05) is 0 Å². The number of hydrogen-bond donors (Lipinski definition) is 0. The van der Waals surface area contributed by atoms with E-state index in [4.69, 9.17) is 0 Å². The van der Waals surface area contributed by atoms with Crippen molar-refractivity contribution in [3.8, 4) is 22.3 Å². The maximum Gasteiger partial charge on any atom is 0.0552 e. The van der Waals surface area contributed by atoms with Crippen molar-refractivity contribution in [1.82, 2.24) is 0 Å². The van der Waals surface area contributed by atoms with Crippen LogP contribution in [0.15, 0.2) is 42.0 Å². The van der Waals surface area contributed by atoms with Gasteiger partial charge < -0.3 is 0 Å². The smallest absolute Gasteiger partial charge is 0.0552 e. The van der Waals surface area contributed by atoms with E-state index in [1.807, 2.05) is 0 Å². The van der Waals surface area contributed by atoms with E-state index in [2.05, 4.69) is 90.2 Å². The summed E-state index contributed by atoms with van der Waals surface area (Å²) in [6.45, 7) is 16.3. The summed E-state index contributed by atoms with van der Waals surface area (Å²) in [4.78, 5) is 0. The largest absolute Gasteiger partial charge is 0.0705 e. The first kappa shape index (κ1) is 21.5. The van der Waals surface area contributed by atoms with E-state index in [0.717, 1.165) is 0 Å². The minimum Gasteiger partial charge on any atom is -0.0705 e. The molecule has 1 heteroatoms. The maximum atomic E-state index is 2.55. The van der Waals surface area contributed by atoms with E-state index in [0.29, 0.717) is 5.54 Å². The second-order valence-corrected chi connectivity index (χ2v) is 13.3. The Balaban J connectivity index is 1.92. The fourth-order valence-electron chi connectivity index (χ4n) is 6.52. The van der Waals surface area contributed by atoms with Crippen LogP contribution in [0.4, 0.5) is 0 Å². The number of hydrogen-bond acceptors (Lipinski definition) is 0. The summed E-state index contributed by atoms with van der Waals surface area (Å²) < 4.78 is 0. The summed E-state index contributed by atoms with van der Waals surface area (Å²) in [5.74, 6) is 0. The van der Waals surface area contributed by atoms with Gasteiger partial charge in [-0.15, -0.1) is 0 Å². The second-order valence-electron chi connectivity index (χ2n) is 10.5. The van der Waals surface area contributed by atoms with Crippen LogP contribution in [-0.2, 0) is 12.8 Å². The van der Waals surface area contributed by atoms with Gasteiger partial charge in [0.2, 0.25) is 0 Å². The average molecular weight is 436 g/mol. The molecule has 2 aliphatic carbocycles. The highest BCUT2D eigenvalue weighted by molar-refractivity contribution is 6.59. The Morgan fingerprint density at radius 2 is 1.12 bits per heavy atom. The lowest BCUT2D eigenvalue weighted by Gasteiger charge is -2.26. The van der Waals surface area contributed by atoms with E-state index in [1.54, 1.807) is 27.8 Å². The number of fused-ring (bicyclic) bond motifs is 2. The van der Waals surface area contributed by atoms with E-state index in [9.17, 15) is 0 Å². The first-order valence-corrected chi connectivity index (χ1v) is 14.7. The number of allylic oxidation sites excluding steroid dienone is 1. The van der Waals surface area contributed by atoms with Gasteiger partial charge in [0.25, 0.3) is 0 Å². The van der Waals surface area contributed by atoms with Gasteiger partial charge in [0.15, 0.2) is 0 Å². The topological polar surface area (TPSA) is 0 Å². The molecular formula is C31H35Si. The van der Waals surface area contributed by atoms with Gasteiger partial charge in [0.05, 0.1) is 8.80 Å². The molecule has 1 unspecified atom stereocenters. The summed E-state index contributed by atoms with van der Waals surface area (Å²) in [5.41, 5.74) is 20.1. The van der Waals surface area contributed by atoms with Crippen LogP contribution in [0.3, 0.4) is 0 Å². The molecular weight excluding hydrogens is 400 g/mol. The summed E-state index contributed by atoms with van der Waals surface area (Å²) in [5, 5.41) is 0. The Kier molecular flexibility index (Phi) is 5.29. The summed E-state index contributed by atoms with van der Waals surface area (Å²) >= 11 is 0. The van der Waals surface area contributed by atoms with Crippen molar-refractivity contribution in [3.05, 3.63) is 86.5 Å². The average Bonchev–Trinajstić information content (AvgIpc) is 3.27. The maximum absolute atomic E-state index is 2.55. The lowest BCUT2D eigenvalue weighted by molar-refractivity contribution is 0.912. The molecule has 0 amide bonds. The Morgan fingerprint density at radius 3 is 1.62 bits per heavy atom. The van der Waals surface area contributed by atoms with Gasteiger partial charge >= 0.3 is 0 Å². The third-order valence-corrected chi connectivity index (χ3v) is 9.26. The van der Waals surface area contributed by atoms with Gasteiger partial charge in [-0.25, -0.2) is 0 Å². The van der Waals surface area contributed by atoms with Crippen molar-refractivity contribution < 1.29 is 0 Å². The Bertz CT molecular complexity index is 1230. The molecule has 0 N–H and O–H groups in total. The highest BCUT2D eigenvalue weighted by Crippen LogP contribution is 2.52. The molecule has 32 heavy (non-hydrogen) atoms. The van der Waals surface area contributed by atoms with E-state index < -0.39 is 8.80 Å². The quantitative estimate of drug-likeness (QED) is 0.362. The third kappa shape index (κ3) is 3.42. The predicted octanol–water partition coefficient (Wildman–Crippen LogP) is 8.54. The van der Waals surface area contributed by atoms with Gasteiger partial charge in [-0.1, -0.05) is 83.4 Å². The van der Waals surface area contributed by atoms with E-state index >= 15 is 0 Å². The van der Waals surface area contributed by atoms with Crippen LogP contribution in [0.5, 0.6) is 0 Å². The van der Waals surface area contributed by atoms with Crippen molar-refractivity contribution in [2.45, 2.75) is 72.5 Å². The minimum absolute atomic E-state index is 0.521. The molecule has 1 atom stereocenters. The van der Waals surface area contributed by atoms with Crippen LogP contribution in [0.2, 0.25) is 13.1 Å². The van der Waals surface area contributed by atoms with Gasteiger partial charge in [0.1, 0.15) is 0 Å². The van der Waals surface area contributed by atoms with Crippen LogP contribution in [0.1, 0.15) is 63.4 Å². The van der Waals surface area contributed by atoms with Crippen LogP contribution >= 0.6 is 0 Å². The molecule has 0 aromatic heterocycles. The van der Waals surface area contributed by atoms with Crippen molar-refractivity contribution >= 4 is 14.9 Å². The normalized spacial score (nSPS) is 17.0. The summed E-state index contributed by atoms with van der Waals surface area (Å²) in [7, 11) is -0.521. The zero-order chi connectivity index (χ0) is 22.7. The first-order valence-electron chi connectivity index (χ1n) is 12.1. The zero-order valence-corrected chi connectivity index (χ0v) is 21.7.